The zero-order valence-corrected chi connectivity index (χ0v) is 24.3. The Bertz CT molecular complexity index is 1390. The van der Waals surface area contributed by atoms with Gasteiger partial charge in [-0.05, 0) is 65.5 Å². The van der Waals surface area contributed by atoms with Gasteiger partial charge in [-0.15, -0.1) is 0 Å². The molecule has 2 aromatic rings. The van der Waals surface area contributed by atoms with E-state index in [1.807, 2.05) is 0 Å². The molecule has 0 radical (unpaired) electrons. The Morgan fingerprint density at radius 2 is 1.71 bits per heavy atom. The van der Waals surface area contributed by atoms with E-state index in [4.69, 9.17) is 23.2 Å². The summed E-state index contributed by atoms with van der Waals surface area (Å²) in [5.74, 6) is 1.80. The van der Waals surface area contributed by atoms with Crippen molar-refractivity contribution >= 4 is 40.9 Å². The summed E-state index contributed by atoms with van der Waals surface area (Å²) >= 11 is 12.0. The first kappa shape index (κ1) is 32.4. The van der Waals surface area contributed by atoms with E-state index in [-0.39, 0.29) is 41.3 Å². The quantitative estimate of drug-likeness (QED) is 0.207. The van der Waals surface area contributed by atoms with Gasteiger partial charge in [-0.1, -0.05) is 35.0 Å². The van der Waals surface area contributed by atoms with Crippen molar-refractivity contribution in [3.05, 3.63) is 51.0 Å². The highest BCUT2D eigenvalue weighted by Gasteiger charge is 2.45. The molecule has 0 unspecified atom stereocenters. The molecule has 1 fully saturated rings. The SMILES string of the molecule is CC(C)(C)C#CCN(CC(=O)c1c(Cl)cc(F)cc1Cl)C(=O)c1cnn(C2CCC(C)(C(=O)O)CC2)c1C(F)(F)F. The highest BCUT2D eigenvalue weighted by atomic mass is 35.5. The maximum Gasteiger partial charge on any atom is 0.433 e. The van der Waals surface area contributed by atoms with Gasteiger partial charge in [0.2, 0.25) is 0 Å². The van der Waals surface area contributed by atoms with Crippen molar-refractivity contribution < 1.29 is 37.1 Å². The van der Waals surface area contributed by atoms with Gasteiger partial charge in [-0.3, -0.25) is 19.1 Å². The van der Waals surface area contributed by atoms with Crippen LogP contribution in [0.15, 0.2) is 18.3 Å². The molecule has 222 valence electrons. The van der Waals surface area contributed by atoms with Gasteiger partial charge < -0.3 is 10.0 Å². The van der Waals surface area contributed by atoms with Crippen molar-refractivity contribution in [2.45, 2.75) is 65.6 Å². The minimum absolute atomic E-state index is 0.113. The lowest BCUT2D eigenvalue weighted by Gasteiger charge is -2.34. The topological polar surface area (TPSA) is 92.5 Å². The van der Waals surface area contributed by atoms with Gasteiger partial charge in [-0.2, -0.15) is 18.3 Å². The molecule has 1 aromatic carbocycles. The maximum absolute atomic E-state index is 14.4. The Hall–Kier alpha value is -3.10. The van der Waals surface area contributed by atoms with E-state index >= 15 is 0 Å². The van der Waals surface area contributed by atoms with Crippen LogP contribution in [0.1, 0.15) is 85.8 Å². The normalized spacial score (nSPS) is 19.3. The fourth-order valence-electron chi connectivity index (χ4n) is 4.61. The predicted molar refractivity (Wildman–Crippen MR) is 144 cm³/mol. The Labute approximate surface area is 244 Å². The summed E-state index contributed by atoms with van der Waals surface area (Å²) in [6.45, 7) is 5.77. The molecule has 3 rings (SSSR count). The number of alkyl halides is 3. The number of amides is 1. The fourth-order valence-corrected chi connectivity index (χ4v) is 5.28. The van der Waals surface area contributed by atoms with Gasteiger partial charge in [-0.25, -0.2) is 4.39 Å². The molecular weight excluding hydrogens is 589 g/mol. The molecule has 1 aliphatic rings. The molecule has 0 saturated heterocycles. The van der Waals surface area contributed by atoms with E-state index in [1.54, 1.807) is 27.7 Å². The first-order valence-electron chi connectivity index (χ1n) is 12.7. The van der Waals surface area contributed by atoms with Crippen molar-refractivity contribution in [3.63, 3.8) is 0 Å². The Morgan fingerprint density at radius 3 is 2.20 bits per heavy atom. The summed E-state index contributed by atoms with van der Waals surface area (Å²) in [5.41, 5.74) is -3.94. The number of carbonyl (C=O) groups excluding carboxylic acids is 2. The molecule has 0 atom stereocenters. The van der Waals surface area contributed by atoms with Gasteiger partial charge in [0.1, 0.15) is 5.82 Å². The molecule has 1 aliphatic carbocycles. The summed E-state index contributed by atoms with van der Waals surface area (Å²) in [6.07, 6.45) is -3.70. The molecule has 1 aromatic heterocycles. The van der Waals surface area contributed by atoms with E-state index in [1.165, 1.54) is 0 Å². The number of carboxylic acids is 1. The van der Waals surface area contributed by atoms with Crippen LogP contribution in [0.25, 0.3) is 0 Å². The summed E-state index contributed by atoms with van der Waals surface area (Å²) < 4.78 is 57.5. The highest BCUT2D eigenvalue weighted by Crippen LogP contribution is 2.43. The molecular formula is C28H29Cl2F4N3O4. The van der Waals surface area contributed by atoms with Crippen LogP contribution in [0.2, 0.25) is 10.0 Å². The first-order chi connectivity index (χ1) is 18.8. The number of aromatic nitrogens is 2. The zero-order chi connectivity index (χ0) is 30.9. The number of benzene rings is 1. The third-order valence-corrected chi connectivity index (χ3v) is 7.45. The minimum Gasteiger partial charge on any atom is -0.481 e. The number of nitrogens with zero attached hydrogens (tertiary/aromatic N) is 3. The molecule has 1 amide bonds. The lowest BCUT2D eigenvalue weighted by Crippen LogP contribution is -2.38. The summed E-state index contributed by atoms with van der Waals surface area (Å²) in [4.78, 5) is 39.1. The van der Waals surface area contributed by atoms with Gasteiger partial charge >= 0.3 is 12.1 Å². The lowest BCUT2D eigenvalue weighted by molar-refractivity contribution is -0.152. The fraction of sp³-hybridized carbons (Fsp3) is 0.500. The number of hydrogen-bond donors (Lipinski definition) is 1. The Morgan fingerprint density at radius 1 is 1.15 bits per heavy atom. The van der Waals surface area contributed by atoms with Gasteiger partial charge in [0, 0.05) is 5.41 Å². The van der Waals surface area contributed by atoms with E-state index in [0.717, 1.165) is 27.9 Å². The highest BCUT2D eigenvalue weighted by molar-refractivity contribution is 6.40. The van der Waals surface area contributed by atoms with Crippen molar-refractivity contribution in [1.29, 1.82) is 0 Å². The molecule has 1 heterocycles. The van der Waals surface area contributed by atoms with E-state index in [0.29, 0.717) is 0 Å². The lowest BCUT2D eigenvalue weighted by atomic mass is 9.74. The number of carbonyl (C=O) groups is 3. The molecule has 41 heavy (non-hydrogen) atoms. The summed E-state index contributed by atoms with van der Waals surface area (Å²) in [7, 11) is 0. The largest absolute Gasteiger partial charge is 0.481 e. The number of aliphatic carboxylic acids is 1. The van der Waals surface area contributed by atoms with E-state index < -0.39 is 70.9 Å². The molecule has 1 N–H and O–H groups in total. The number of ketones is 1. The number of rotatable bonds is 7. The number of hydrogen-bond acceptors (Lipinski definition) is 4. The van der Waals surface area contributed by atoms with Crippen LogP contribution >= 0.6 is 23.2 Å². The minimum atomic E-state index is -4.99. The zero-order valence-electron chi connectivity index (χ0n) is 22.8. The summed E-state index contributed by atoms with van der Waals surface area (Å²) in [6, 6.07) is 0.933. The van der Waals surface area contributed by atoms with Crippen LogP contribution in [0, 0.1) is 28.5 Å². The number of Topliss-reactive ketones (excluding diaryl/α,β-unsaturated/α-hetero) is 1. The first-order valence-corrected chi connectivity index (χ1v) is 13.4. The average Bonchev–Trinajstić information content (AvgIpc) is 3.28. The average molecular weight is 618 g/mol. The molecule has 7 nitrogen and oxygen atoms in total. The van der Waals surface area contributed by atoms with E-state index in [2.05, 4.69) is 16.9 Å². The standard InChI is InChI=1S/C28H29Cl2F4N3O4/c1-26(2,3)8-5-11-36(15-21(38)22-19(29)12-16(31)13-20(22)30)24(39)18-14-35-37(23(18)28(32,33)34)17-6-9-27(4,10-7-17)25(40)41/h12-14,17H,6-7,9-11,15H2,1-4H3,(H,40,41). The van der Waals surface area contributed by atoms with Crippen molar-refractivity contribution in [2.75, 3.05) is 13.1 Å². The van der Waals surface area contributed by atoms with Crippen molar-refractivity contribution in [3.8, 4) is 11.8 Å². The number of carboxylic acid groups (broad SMARTS) is 1. The monoisotopic (exact) mass is 617 g/mol. The van der Waals surface area contributed by atoms with Crippen LogP contribution in [0.3, 0.4) is 0 Å². The maximum atomic E-state index is 14.4. The van der Waals surface area contributed by atoms with Crippen LogP contribution < -0.4 is 0 Å². The smallest absolute Gasteiger partial charge is 0.433 e. The third kappa shape index (κ3) is 7.60. The number of halogens is 6. The van der Waals surface area contributed by atoms with Crippen molar-refractivity contribution in [1.82, 2.24) is 14.7 Å². The van der Waals surface area contributed by atoms with Crippen LogP contribution in [0.4, 0.5) is 17.6 Å². The van der Waals surface area contributed by atoms with Gasteiger partial charge in [0.05, 0.1) is 51.9 Å². The summed E-state index contributed by atoms with van der Waals surface area (Å²) in [5, 5.41) is 12.7. The second-order valence-electron chi connectivity index (χ2n) is 11.3. The van der Waals surface area contributed by atoms with Crippen molar-refractivity contribution in [2.24, 2.45) is 10.8 Å². The van der Waals surface area contributed by atoms with Crippen LogP contribution in [0.5, 0.6) is 0 Å². The Kier molecular flexibility index (Phi) is 9.50. The third-order valence-electron chi connectivity index (χ3n) is 6.86. The van der Waals surface area contributed by atoms with Gasteiger partial charge in [0.25, 0.3) is 5.91 Å². The van der Waals surface area contributed by atoms with Crippen LogP contribution in [-0.2, 0) is 11.0 Å². The van der Waals surface area contributed by atoms with Gasteiger partial charge in [0.15, 0.2) is 11.5 Å². The molecule has 0 aliphatic heterocycles. The second-order valence-corrected chi connectivity index (χ2v) is 12.1. The molecule has 0 spiro atoms. The molecule has 1 saturated carbocycles. The molecule has 13 heteroatoms. The second kappa shape index (κ2) is 12.0. The van der Waals surface area contributed by atoms with Crippen LogP contribution in [-0.4, -0.2) is 50.5 Å². The van der Waals surface area contributed by atoms with E-state index in [9.17, 15) is 37.1 Å². The predicted octanol–water partition coefficient (Wildman–Crippen LogP) is 6.93. The molecule has 0 bridgehead atoms. The Balaban J connectivity index is 2.01.